The summed E-state index contributed by atoms with van der Waals surface area (Å²) in [5.74, 6) is -0.0699. The predicted octanol–water partition coefficient (Wildman–Crippen LogP) is 0.482. The van der Waals surface area contributed by atoms with Gasteiger partial charge in [0.2, 0.25) is 11.7 Å². The van der Waals surface area contributed by atoms with Crippen molar-refractivity contribution in [3.63, 3.8) is 0 Å². The molecule has 3 aliphatic heterocycles. The van der Waals surface area contributed by atoms with Crippen LogP contribution in [0.3, 0.4) is 0 Å². The number of aliphatic imine (C=N–C) groups is 1. The molecule has 1 aromatic carbocycles. The monoisotopic (exact) mass is 426 g/mol. The van der Waals surface area contributed by atoms with Crippen LogP contribution in [-0.4, -0.2) is 90.1 Å². The molecule has 0 bridgehead atoms. The van der Waals surface area contributed by atoms with Gasteiger partial charge >= 0.3 is 0 Å². The third kappa shape index (κ3) is 4.87. The van der Waals surface area contributed by atoms with E-state index >= 15 is 0 Å². The van der Waals surface area contributed by atoms with Gasteiger partial charge in [-0.1, -0.05) is 18.2 Å². The summed E-state index contributed by atoms with van der Waals surface area (Å²) < 4.78 is 0. The van der Waals surface area contributed by atoms with Crippen molar-refractivity contribution < 1.29 is 14.4 Å². The van der Waals surface area contributed by atoms with Crippen LogP contribution in [0.4, 0.5) is 5.69 Å². The maximum Gasteiger partial charge on any atom is 0.290 e. The number of hydrazine groups is 1. The van der Waals surface area contributed by atoms with E-state index in [9.17, 15) is 14.4 Å². The van der Waals surface area contributed by atoms with Gasteiger partial charge in [-0.2, -0.15) is 0 Å². The van der Waals surface area contributed by atoms with E-state index in [1.165, 1.54) is 11.4 Å². The molecule has 0 aliphatic carbocycles. The van der Waals surface area contributed by atoms with E-state index in [-0.39, 0.29) is 30.1 Å². The molecule has 3 amide bonds. The highest BCUT2D eigenvalue weighted by molar-refractivity contribution is 6.39. The van der Waals surface area contributed by atoms with Crippen molar-refractivity contribution in [2.24, 2.45) is 4.99 Å². The molecule has 4 rings (SSSR count). The molecule has 0 spiro atoms. The third-order valence-electron chi connectivity index (χ3n) is 6.20. The van der Waals surface area contributed by atoms with Gasteiger partial charge in [-0.05, 0) is 38.3 Å². The largest absolute Gasteiger partial charge is 0.339 e. The van der Waals surface area contributed by atoms with Gasteiger partial charge in [0.05, 0.1) is 12.2 Å². The van der Waals surface area contributed by atoms with Crippen molar-refractivity contribution in [3.05, 3.63) is 30.3 Å². The highest BCUT2D eigenvalue weighted by atomic mass is 16.2. The zero-order chi connectivity index (χ0) is 21.8. The Hall–Kier alpha value is -2.94. The molecule has 31 heavy (non-hydrogen) atoms. The Morgan fingerprint density at radius 1 is 1.06 bits per heavy atom. The molecule has 3 aliphatic rings. The Bertz CT molecular complexity index is 850. The lowest BCUT2D eigenvalue weighted by Gasteiger charge is -2.38. The van der Waals surface area contributed by atoms with Gasteiger partial charge in [0, 0.05) is 38.8 Å². The first-order chi connectivity index (χ1) is 15.0. The average Bonchev–Trinajstić information content (AvgIpc) is 2.80. The number of benzene rings is 1. The van der Waals surface area contributed by atoms with Crippen molar-refractivity contribution in [2.45, 2.75) is 32.2 Å². The van der Waals surface area contributed by atoms with Crippen LogP contribution >= 0.6 is 0 Å². The first-order valence-corrected chi connectivity index (χ1v) is 11.0. The zero-order valence-electron chi connectivity index (χ0n) is 18.0. The van der Waals surface area contributed by atoms with Gasteiger partial charge in [0.1, 0.15) is 6.54 Å². The number of nitrogens with one attached hydrogen (secondary N) is 1. The second kappa shape index (κ2) is 9.47. The molecule has 0 unspecified atom stereocenters. The number of nitrogens with zero attached hydrogens (tertiary/aromatic N) is 5. The minimum absolute atomic E-state index is 0.0640. The van der Waals surface area contributed by atoms with E-state index in [1.807, 2.05) is 23.1 Å². The highest BCUT2D eigenvalue weighted by Crippen LogP contribution is 2.17. The number of carbonyl (C=O) groups is 3. The Balaban J connectivity index is 1.30. The molecule has 1 atom stereocenters. The summed E-state index contributed by atoms with van der Waals surface area (Å²) in [6, 6.07) is 9.46. The molecule has 3 heterocycles. The number of carbonyl (C=O) groups excluding carboxylic acids is 3. The number of anilines is 1. The molecule has 9 nitrogen and oxygen atoms in total. The lowest BCUT2D eigenvalue weighted by atomic mass is 10.0. The lowest BCUT2D eigenvalue weighted by Crippen LogP contribution is -2.59. The van der Waals surface area contributed by atoms with Crippen LogP contribution in [0.15, 0.2) is 35.3 Å². The molecule has 9 heteroatoms. The molecule has 2 saturated heterocycles. The highest BCUT2D eigenvalue weighted by Gasteiger charge is 2.31. The fourth-order valence-electron chi connectivity index (χ4n) is 4.33. The van der Waals surface area contributed by atoms with E-state index in [0.29, 0.717) is 44.5 Å². The number of piperidine rings is 1. The quantitative estimate of drug-likeness (QED) is 0.757. The fraction of sp³-hybridized carbons (Fsp3) is 0.545. The minimum atomic E-state index is -0.218. The zero-order valence-corrected chi connectivity index (χ0v) is 18.0. The molecule has 2 fully saturated rings. The maximum atomic E-state index is 13.0. The van der Waals surface area contributed by atoms with Crippen molar-refractivity contribution in [2.75, 3.05) is 50.8 Å². The summed E-state index contributed by atoms with van der Waals surface area (Å²) in [7, 11) is 0. The normalized spacial score (nSPS) is 22.7. The summed E-state index contributed by atoms with van der Waals surface area (Å²) in [5.41, 5.74) is 3.55. The van der Waals surface area contributed by atoms with E-state index < -0.39 is 0 Å². The number of rotatable bonds is 4. The Kier molecular flexibility index (Phi) is 6.50. The number of amidine groups is 1. The topological polar surface area (TPSA) is 88.6 Å². The molecule has 166 valence electrons. The number of piperazine rings is 1. The van der Waals surface area contributed by atoms with Gasteiger partial charge in [-0.25, -0.2) is 5.01 Å². The van der Waals surface area contributed by atoms with Crippen LogP contribution in [-0.2, 0) is 14.4 Å². The third-order valence-corrected chi connectivity index (χ3v) is 6.20. The van der Waals surface area contributed by atoms with Gasteiger partial charge in [0.15, 0.2) is 0 Å². The van der Waals surface area contributed by atoms with E-state index in [4.69, 9.17) is 0 Å². The predicted molar refractivity (Wildman–Crippen MR) is 117 cm³/mol. The number of hydrogen-bond donors (Lipinski definition) is 1. The van der Waals surface area contributed by atoms with Crippen LogP contribution in [0.25, 0.3) is 0 Å². The van der Waals surface area contributed by atoms with Gasteiger partial charge in [0.25, 0.3) is 11.8 Å². The summed E-state index contributed by atoms with van der Waals surface area (Å²) in [6.45, 7) is 5.66. The minimum Gasteiger partial charge on any atom is -0.339 e. The lowest BCUT2D eigenvalue weighted by molar-refractivity contribution is -0.136. The molecule has 0 saturated carbocycles. The number of para-hydroxylation sites is 1. The van der Waals surface area contributed by atoms with Crippen molar-refractivity contribution in [1.82, 2.24) is 20.1 Å². The van der Waals surface area contributed by atoms with E-state index in [2.05, 4.69) is 22.2 Å². The summed E-state index contributed by atoms with van der Waals surface area (Å²) in [5, 5.41) is 1.37. The number of likely N-dealkylation sites (tertiary alicyclic amines) is 1. The standard InChI is InChI=1S/C22H30N6O3/c1-17-7-5-6-10-27(17)20(30)16-25-11-13-26(14-12-25)22(31)21-23-15-19(29)28(24-21)18-8-3-2-4-9-18/h2-4,8-9,17H,5-7,10-16H2,1H3,(H,23,24)/t17-/m0/s1. The first-order valence-electron chi connectivity index (χ1n) is 11.0. The smallest absolute Gasteiger partial charge is 0.290 e. The summed E-state index contributed by atoms with van der Waals surface area (Å²) in [4.78, 5) is 47.9. The first kappa shape index (κ1) is 21.3. The molecule has 1 aromatic rings. The van der Waals surface area contributed by atoms with E-state index in [0.717, 1.165) is 19.4 Å². The van der Waals surface area contributed by atoms with Crippen LogP contribution < -0.4 is 10.4 Å². The van der Waals surface area contributed by atoms with Gasteiger partial charge in [-0.3, -0.25) is 29.7 Å². The fourth-order valence-corrected chi connectivity index (χ4v) is 4.33. The van der Waals surface area contributed by atoms with Crippen LogP contribution in [0.1, 0.15) is 26.2 Å². The van der Waals surface area contributed by atoms with Crippen LogP contribution in [0.5, 0.6) is 0 Å². The molecule has 1 N–H and O–H groups in total. The molecule has 0 radical (unpaired) electrons. The Morgan fingerprint density at radius 3 is 2.52 bits per heavy atom. The van der Waals surface area contributed by atoms with Crippen molar-refractivity contribution >= 4 is 29.2 Å². The Labute approximate surface area is 182 Å². The summed E-state index contributed by atoms with van der Waals surface area (Å²) >= 11 is 0. The van der Waals surface area contributed by atoms with E-state index in [1.54, 1.807) is 17.0 Å². The maximum absolute atomic E-state index is 13.0. The SMILES string of the molecule is C[C@H]1CCCCN1C(=O)CN1CCN(C(=O)C2=NCC(=O)N(c3ccccc3)N2)CC1. The van der Waals surface area contributed by atoms with Crippen molar-refractivity contribution in [3.8, 4) is 0 Å². The average molecular weight is 427 g/mol. The molecular weight excluding hydrogens is 396 g/mol. The second-order valence-electron chi connectivity index (χ2n) is 8.34. The second-order valence-corrected chi connectivity index (χ2v) is 8.34. The number of amides is 3. The molecular formula is C22H30N6O3. The molecule has 0 aromatic heterocycles. The van der Waals surface area contributed by atoms with Gasteiger partial charge in [-0.15, -0.1) is 0 Å². The Morgan fingerprint density at radius 2 is 1.81 bits per heavy atom. The van der Waals surface area contributed by atoms with Crippen LogP contribution in [0.2, 0.25) is 0 Å². The van der Waals surface area contributed by atoms with Crippen LogP contribution in [0, 0.1) is 0 Å². The summed E-state index contributed by atoms with van der Waals surface area (Å²) in [6.07, 6.45) is 3.35. The van der Waals surface area contributed by atoms with Crippen molar-refractivity contribution in [1.29, 1.82) is 0 Å². The number of hydrogen-bond acceptors (Lipinski definition) is 6. The van der Waals surface area contributed by atoms with Gasteiger partial charge < -0.3 is 9.80 Å².